The molecule has 0 saturated carbocycles. The van der Waals surface area contributed by atoms with Crippen LogP contribution in [0.15, 0.2) is 53.3 Å². The Labute approximate surface area is 202 Å². The number of aromatic nitrogens is 3. The van der Waals surface area contributed by atoms with Crippen molar-refractivity contribution in [3.05, 3.63) is 75.2 Å². The fraction of sp³-hybridized carbons (Fsp3) is 0.304. The van der Waals surface area contributed by atoms with Crippen LogP contribution in [-0.2, 0) is 35.3 Å². The molecular formula is C23H22ClF3N4O4. The molecule has 0 aliphatic heterocycles. The predicted molar refractivity (Wildman–Crippen MR) is 122 cm³/mol. The highest BCUT2D eigenvalue weighted by molar-refractivity contribution is 6.30. The van der Waals surface area contributed by atoms with E-state index in [0.717, 1.165) is 10.7 Å². The van der Waals surface area contributed by atoms with E-state index in [0.29, 0.717) is 10.6 Å². The molecule has 2 aromatic carbocycles. The van der Waals surface area contributed by atoms with Crippen LogP contribution in [0, 0.1) is 0 Å². The lowest BCUT2D eigenvalue weighted by Crippen LogP contribution is -2.34. The number of carbonyl (C=O) groups is 2. The summed E-state index contributed by atoms with van der Waals surface area (Å²) in [6.07, 6.45) is -4.53. The number of amides is 1. The van der Waals surface area contributed by atoms with Gasteiger partial charge in [0, 0.05) is 30.1 Å². The van der Waals surface area contributed by atoms with Gasteiger partial charge in [0.2, 0.25) is 5.91 Å². The van der Waals surface area contributed by atoms with E-state index in [-0.39, 0.29) is 43.7 Å². The molecule has 1 heterocycles. The minimum Gasteiger partial charge on any atom is -0.481 e. The molecule has 186 valence electrons. The fourth-order valence-corrected chi connectivity index (χ4v) is 3.62. The highest BCUT2D eigenvalue weighted by Gasteiger charge is 2.32. The first kappa shape index (κ1) is 26.0. The predicted octanol–water partition coefficient (Wildman–Crippen LogP) is 3.61. The maximum atomic E-state index is 13.1. The molecule has 35 heavy (non-hydrogen) atoms. The number of rotatable bonds is 10. The van der Waals surface area contributed by atoms with Crippen LogP contribution >= 0.6 is 11.6 Å². The Balaban J connectivity index is 1.72. The summed E-state index contributed by atoms with van der Waals surface area (Å²) in [6, 6.07) is 11.6. The van der Waals surface area contributed by atoms with Gasteiger partial charge in [-0.05, 0) is 48.7 Å². The van der Waals surface area contributed by atoms with Gasteiger partial charge < -0.3 is 10.4 Å². The van der Waals surface area contributed by atoms with Gasteiger partial charge in [0.1, 0.15) is 6.54 Å². The third kappa shape index (κ3) is 6.95. The van der Waals surface area contributed by atoms with Crippen LogP contribution in [0.25, 0.3) is 11.4 Å². The van der Waals surface area contributed by atoms with Gasteiger partial charge in [-0.1, -0.05) is 29.8 Å². The molecule has 1 aromatic heterocycles. The molecule has 3 aromatic rings. The fourth-order valence-electron chi connectivity index (χ4n) is 3.49. The molecule has 12 heteroatoms. The number of benzene rings is 2. The maximum absolute atomic E-state index is 13.1. The lowest BCUT2D eigenvalue weighted by atomic mass is 10.0. The summed E-state index contributed by atoms with van der Waals surface area (Å²) in [5.41, 5.74) is -0.786. The minimum absolute atomic E-state index is 0.0457. The highest BCUT2D eigenvalue weighted by Crippen LogP contribution is 2.31. The monoisotopic (exact) mass is 510 g/mol. The second-order valence-corrected chi connectivity index (χ2v) is 8.11. The molecule has 0 bridgehead atoms. The smallest absolute Gasteiger partial charge is 0.416 e. The van der Waals surface area contributed by atoms with Gasteiger partial charge in [0.15, 0.2) is 5.82 Å². The number of nitrogens with one attached hydrogen (secondary N) is 1. The van der Waals surface area contributed by atoms with E-state index in [1.54, 1.807) is 24.3 Å². The van der Waals surface area contributed by atoms with E-state index in [1.807, 2.05) is 0 Å². The molecule has 0 aliphatic rings. The van der Waals surface area contributed by atoms with Crippen molar-refractivity contribution in [3.63, 3.8) is 0 Å². The van der Waals surface area contributed by atoms with Crippen molar-refractivity contribution in [1.29, 1.82) is 0 Å². The molecule has 0 atom stereocenters. The second kappa shape index (κ2) is 11.2. The van der Waals surface area contributed by atoms with Crippen LogP contribution in [0.5, 0.6) is 0 Å². The van der Waals surface area contributed by atoms with Crippen molar-refractivity contribution in [1.82, 2.24) is 19.7 Å². The van der Waals surface area contributed by atoms with Crippen molar-refractivity contribution < 1.29 is 27.9 Å². The number of nitrogens with zero attached hydrogens (tertiary/aromatic N) is 3. The molecule has 0 saturated heterocycles. The molecule has 0 fully saturated rings. The molecule has 0 aliphatic carbocycles. The quantitative estimate of drug-likeness (QED) is 0.433. The van der Waals surface area contributed by atoms with Gasteiger partial charge >= 0.3 is 17.8 Å². The SMILES string of the molecule is O=C(O)CCCn1c(-c2ccc(Cl)cc2)nn(CC(=O)NCCc2ccccc2C(F)(F)F)c1=O. The van der Waals surface area contributed by atoms with E-state index >= 15 is 0 Å². The van der Waals surface area contributed by atoms with E-state index in [1.165, 1.54) is 22.8 Å². The third-order valence-electron chi connectivity index (χ3n) is 5.13. The Morgan fingerprint density at radius 1 is 1.09 bits per heavy atom. The number of carboxylic acids is 1. The van der Waals surface area contributed by atoms with E-state index in [4.69, 9.17) is 16.7 Å². The van der Waals surface area contributed by atoms with Crippen LogP contribution < -0.4 is 11.0 Å². The Kier molecular flexibility index (Phi) is 8.34. The zero-order chi connectivity index (χ0) is 25.6. The van der Waals surface area contributed by atoms with Crippen LogP contribution in [-0.4, -0.2) is 37.9 Å². The zero-order valence-electron chi connectivity index (χ0n) is 18.4. The Hall–Kier alpha value is -3.60. The molecule has 1 amide bonds. The summed E-state index contributed by atoms with van der Waals surface area (Å²) in [5.74, 6) is -1.37. The lowest BCUT2D eigenvalue weighted by molar-refractivity contribution is -0.138. The Morgan fingerprint density at radius 2 is 1.77 bits per heavy atom. The zero-order valence-corrected chi connectivity index (χ0v) is 19.1. The van der Waals surface area contributed by atoms with Gasteiger partial charge in [-0.25, -0.2) is 9.48 Å². The first-order chi connectivity index (χ1) is 16.6. The largest absolute Gasteiger partial charge is 0.481 e. The number of alkyl halides is 3. The summed E-state index contributed by atoms with van der Waals surface area (Å²) in [5, 5.41) is 16.1. The van der Waals surface area contributed by atoms with Crippen molar-refractivity contribution in [2.75, 3.05) is 6.54 Å². The Bertz CT molecular complexity index is 1250. The lowest BCUT2D eigenvalue weighted by Gasteiger charge is -2.12. The number of halogens is 4. The highest BCUT2D eigenvalue weighted by atomic mass is 35.5. The Morgan fingerprint density at radius 3 is 2.43 bits per heavy atom. The van der Waals surface area contributed by atoms with Crippen LogP contribution in [0.2, 0.25) is 5.02 Å². The van der Waals surface area contributed by atoms with Gasteiger partial charge in [0.05, 0.1) is 5.56 Å². The van der Waals surface area contributed by atoms with Gasteiger partial charge in [-0.3, -0.25) is 14.2 Å². The first-order valence-corrected chi connectivity index (χ1v) is 11.0. The average molecular weight is 511 g/mol. The standard InChI is InChI=1S/C23H22ClF3N4O4/c24-17-9-7-16(8-10-17)21-29-31(22(35)30(21)13-3-6-20(33)34)14-19(32)28-12-11-15-4-1-2-5-18(15)23(25,26)27/h1-2,4-5,7-10H,3,6,11-14H2,(H,28,32)(H,33,34). The molecule has 3 rings (SSSR count). The molecule has 8 nitrogen and oxygen atoms in total. The minimum atomic E-state index is -4.50. The van der Waals surface area contributed by atoms with Crippen molar-refractivity contribution in [3.8, 4) is 11.4 Å². The third-order valence-corrected chi connectivity index (χ3v) is 5.38. The summed E-state index contributed by atoms with van der Waals surface area (Å²) in [6.45, 7) is -0.449. The number of hydrogen-bond acceptors (Lipinski definition) is 4. The summed E-state index contributed by atoms with van der Waals surface area (Å²) < 4.78 is 41.6. The molecule has 2 N–H and O–H groups in total. The van der Waals surface area contributed by atoms with Crippen LogP contribution in [0.4, 0.5) is 13.2 Å². The number of carbonyl (C=O) groups excluding carboxylic acids is 1. The molecule has 0 radical (unpaired) electrons. The van der Waals surface area contributed by atoms with E-state index in [9.17, 15) is 27.6 Å². The summed E-state index contributed by atoms with van der Waals surface area (Å²) in [4.78, 5) is 36.1. The van der Waals surface area contributed by atoms with Crippen LogP contribution in [0.1, 0.15) is 24.0 Å². The average Bonchev–Trinajstić information content (AvgIpc) is 3.09. The van der Waals surface area contributed by atoms with Crippen molar-refractivity contribution in [2.45, 2.75) is 38.5 Å². The van der Waals surface area contributed by atoms with Gasteiger partial charge in [-0.2, -0.15) is 13.2 Å². The number of carboxylic acid groups (broad SMARTS) is 1. The number of hydrogen-bond donors (Lipinski definition) is 2. The first-order valence-electron chi connectivity index (χ1n) is 10.6. The summed E-state index contributed by atoms with van der Waals surface area (Å²) >= 11 is 5.92. The van der Waals surface area contributed by atoms with Gasteiger partial charge in [-0.15, -0.1) is 5.10 Å². The maximum Gasteiger partial charge on any atom is 0.416 e. The number of aliphatic carboxylic acids is 1. The molecular weight excluding hydrogens is 489 g/mol. The van der Waals surface area contributed by atoms with Crippen molar-refractivity contribution in [2.24, 2.45) is 0 Å². The van der Waals surface area contributed by atoms with E-state index < -0.39 is 35.9 Å². The van der Waals surface area contributed by atoms with Crippen molar-refractivity contribution >= 4 is 23.5 Å². The van der Waals surface area contributed by atoms with Crippen LogP contribution in [0.3, 0.4) is 0 Å². The normalized spacial score (nSPS) is 11.4. The molecule has 0 spiro atoms. The second-order valence-electron chi connectivity index (χ2n) is 7.67. The van der Waals surface area contributed by atoms with E-state index in [2.05, 4.69) is 10.4 Å². The summed E-state index contributed by atoms with van der Waals surface area (Å²) in [7, 11) is 0. The molecule has 0 unspecified atom stereocenters. The topological polar surface area (TPSA) is 106 Å². The van der Waals surface area contributed by atoms with Gasteiger partial charge in [0.25, 0.3) is 0 Å².